The molecule has 4 rings (SSSR count). The van der Waals surface area contributed by atoms with Crippen molar-refractivity contribution in [1.29, 1.82) is 0 Å². The van der Waals surface area contributed by atoms with Crippen LogP contribution in [0.15, 0.2) is 56.6 Å². The molecule has 0 unspecified atom stereocenters. The summed E-state index contributed by atoms with van der Waals surface area (Å²) in [6.45, 7) is 4.70. The highest BCUT2D eigenvalue weighted by atomic mass is 32.2. The second-order valence-electron chi connectivity index (χ2n) is 8.40. The van der Waals surface area contributed by atoms with Gasteiger partial charge in [-0.15, -0.1) is 0 Å². The predicted molar refractivity (Wildman–Crippen MR) is 122 cm³/mol. The Labute approximate surface area is 191 Å². The van der Waals surface area contributed by atoms with Crippen molar-refractivity contribution in [2.24, 2.45) is 5.92 Å². The number of fused-ring (bicyclic) bond motifs is 1. The second-order valence-corrected chi connectivity index (χ2v) is 10.3. The van der Waals surface area contributed by atoms with Gasteiger partial charge in [-0.2, -0.15) is 4.31 Å². The quantitative estimate of drug-likeness (QED) is 0.544. The van der Waals surface area contributed by atoms with Crippen LogP contribution in [-0.2, 0) is 21.4 Å². The third-order valence-electron chi connectivity index (χ3n) is 5.55. The van der Waals surface area contributed by atoms with Crippen molar-refractivity contribution >= 4 is 27.0 Å². The third kappa shape index (κ3) is 5.28. The zero-order valence-corrected chi connectivity index (χ0v) is 19.4. The first kappa shape index (κ1) is 23.1. The lowest BCUT2D eigenvalue weighted by Gasteiger charge is -2.31. The van der Waals surface area contributed by atoms with Crippen LogP contribution in [0.3, 0.4) is 0 Å². The molecule has 1 atom stereocenters. The molecule has 2 heterocycles. The lowest BCUT2D eigenvalue weighted by molar-refractivity contribution is -0.126. The zero-order chi connectivity index (χ0) is 23.6. The van der Waals surface area contributed by atoms with Gasteiger partial charge in [-0.05, 0) is 56.5 Å². The molecular formula is C23H27N3O6S. The van der Waals surface area contributed by atoms with Crippen LogP contribution in [0.25, 0.3) is 11.1 Å². The van der Waals surface area contributed by atoms with E-state index in [1.165, 1.54) is 22.5 Å². The molecule has 10 heteroatoms. The van der Waals surface area contributed by atoms with E-state index < -0.39 is 21.7 Å². The fourth-order valence-corrected chi connectivity index (χ4v) is 5.44. The molecule has 1 fully saturated rings. The Hall–Kier alpha value is -3.11. The van der Waals surface area contributed by atoms with Gasteiger partial charge >= 0.3 is 5.76 Å². The number of hydrogen-bond acceptors (Lipinski definition) is 6. The summed E-state index contributed by atoms with van der Waals surface area (Å²) in [4.78, 5) is 26.6. The van der Waals surface area contributed by atoms with Crippen LogP contribution >= 0.6 is 0 Å². The van der Waals surface area contributed by atoms with E-state index in [0.717, 1.165) is 11.3 Å². The minimum atomic E-state index is -3.83. The Morgan fingerprint density at radius 3 is 2.73 bits per heavy atom. The van der Waals surface area contributed by atoms with E-state index in [0.29, 0.717) is 31.4 Å². The van der Waals surface area contributed by atoms with Crippen LogP contribution in [0, 0.1) is 5.92 Å². The van der Waals surface area contributed by atoms with Gasteiger partial charge in [-0.1, -0.05) is 12.1 Å². The van der Waals surface area contributed by atoms with E-state index in [4.69, 9.17) is 9.15 Å². The number of amides is 1. The summed E-state index contributed by atoms with van der Waals surface area (Å²) in [6.07, 6.45) is 1.29. The summed E-state index contributed by atoms with van der Waals surface area (Å²) in [5, 5.41) is 2.91. The van der Waals surface area contributed by atoms with Crippen molar-refractivity contribution in [3.8, 4) is 5.75 Å². The van der Waals surface area contributed by atoms with E-state index in [9.17, 15) is 18.0 Å². The van der Waals surface area contributed by atoms with E-state index in [2.05, 4.69) is 10.3 Å². The Morgan fingerprint density at radius 2 is 2.00 bits per heavy atom. The molecule has 1 aromatic heterocycles. The number of sulfonamides is 1. The molecule has 9 nitrogen and oxygen atoms in total. The van der Waals surface area contributed by atoms with Gasteiger partial charge < -0.3 is 14.5 Å². The summed E-state index contributed by atoms with van der Waals surface area (Å²) < 4.78 is 38.2. The van der Waals surface area contributed by atoms with Crippen molar-refractivity contribution in [3.63, 3.8) is 0 Å². The number of hydrogen-bond donors (Lipinski definition) is 2. The fourth-order valence-electron chi connectivity index (χ4n) is 3.90. The van der Waals surface area contributed by atoms with Gasteiger partial charge in [-0.25, -0.2) is 13.2 Å². The predicted octanol–water partition coefficient (Wildman–Crippen LogP) is 2.63. The van der Waals surface area contributed by atoms with Crippen molar-refractivity contribution < 1.29 is 22.4 Å². The highest BCUT2D eigenvalue weighted by Crippen LogP contribution is 2.26. The highest BCUT2D eigenvalue weighted by Gasteiger charge is 2.33. The molecule has 1 aliphatic rings. The molecule has 1 amide bonds. The smallest absolute Gasteiger partial charge is 0.417 e. The van der Waals surface area contributed by atoms with Crippen molar-refractivity contribution in [1.82, 2.24) is 14.6 Å². The molecule has 176 valence electrons. The maximum Gasteiger partial charge on any atom is 0.417 e. The van der Waals surface area contributed by atoms with Gasteiger partial charge in [0.1, 0.15) is 5.75 Å². The SMILES string of the molecule is CC(C)Oc1ccc(CNC(=O)[C@H]2CCCN(S(=O)(=O)c3ccc4[nH]c(=O)oc4c3)C2)cc1. The molecule has 33 heavy (non-hydrogen) atoms. The summed E-state index contributed by atoms with van der Waals surface area (Å²) in [6, 6.07) is 11.8. The highest BCUT2D eigenvalue weighted by molar-refractivity contribution is 7.89. The third-order valence-corrected chi connectivity index (χ3v) is 7.41. The molecule has 2 N–H and O–H groups in total. The largest absolute Gasteiger partial charge is 0.491 e. The van der Waals surface area contributed by atoms with E-state index >= 15 is 0 Å². The monoisotopic (exact) mass is 473 g/mol. The van der Waals surface area contributed by atoms with E-state index in [-0.39, 0.29) is 29.0 Å². The van der Waals surface area contributed by atoms with Crippen LogP contribution in [0.1, 0.15) is 32.3 Å². The number of aromatic amines is 1. The number of aromatic nitrogens is 1. The summed E-state index contributed by atoms with van der Waals surface area (Å²) in [5.74, 6) is -0.489. The number of oxazole rings is 1. The van der Waals surface area contributed by atoms with Gasteiger partial charge in [0.05, 0.1) is 22.4 Å². The maximum atomic E-state index is 13.1. The molecule has 1 saturated heterocycles. The summed E-state index contributed by atoms with van der Waals surface area (Å²) >= 11 is 0. The number of ether oxygens (including phenoxy) is 1. The summed E-state index contributed by atoms with van der Waals surface area (Å²) in [7, 11) is -3.83. The van der Waals surface area contributed by atoms with Crippen LogP contribution in [0.5, 0.6) is 5.75 Å². The number of benzene rings is 2. The number of rotatable bonds is 7. The molecule has 2 aromatic carbocycles. The van der Waals surface area contributed by atoms with Gasteiger partial charge in [0.15, 0.2) is 5.58 Å². The van der Waals surface area contributed by atoms with Crippen LogP contribution < -0.4 is 15.8 Å². The average Bonchev–Trinajstić information content (AvgIpc) is 3.17. The Bertz CT molecular complexity index is 1290. The first-order valence-corrected chi connectivity index (χ1v) is 12.3. The molecule has 0 aliphatic carbocycles. The zero-order valence-electron chi connectivity index (χ0n) is 18.5. The van der Waals surface area contributed by atoms with E-state index in [1.807, 2.05) is 38.1 Å². The minimum absolute atomic E-state index is 0.0301. The normalized spacial score (nSPS) is 17.4. The first-order chi connectivity index (χ1) is 15.7. The maximum absolute atomic E-state index is 13.1. The number of piperidine rings is 1. The summed E-state index contributed by atoms with van der Waals surface area (Å²) in [5.41, 5.74) is 1.54. The Balaban J connectivity index is 1.39. The number of nitrogens with zero attached hydrogens (tertiary/aromatic N) is 1. The molecule has 0 radical (unpaired) electrons. The van der Waals surface area contributed by atoms with Gasteiger partial charge in [0.2, 0.25) is 15.9 Å². The molecule has 1 aliphatic heterocycles. The molecule has 0 bridgehead atoms. The Kier molecular flexibility index (Phi) is 6.57. The fraction of sp³-hybridized carbons (Fsp3) is 0.391. The molecular weight excluding hydrogens is 446 g/mol. The minimum Gasteiger partial charge on any atom is -0.491 e. The average molecular weight is 474 g/mol. The molecule has 0 saturated carbocycles. The van der Waals surface area contributed by atoms with Crippen LogP contribution in [0.2, 0.25) is 0 Å². The number of H-pyrrole nitrogens is 1. The topological polar surface area (TPSA) is 122 Å². The van der Waals surface area contributed by atoms with Gasteiger partial charge in [-0.3, -0.25) is 9.78 Å². The first-order valence-electron chi connectivity index (χ1n) is 10.9. The lowest BCUT2D eigenvalue weighted by Crippen LogP contribution is -2.45. The van der Waals surface area contributed by atoms with Gasteiger partial charge in [0, 0.05) is 25.7 Å². The number of nitrogens with one attached hydrogen (secondary N) is 2. The van der Waals surface area contributed by atoms with Crippen LogP contribution in [-0.4, -0.2) is 42.8 Å². The van der Waals surface area contributed by atoms with Crippen LogP contribution in [0.4, 0.5) is 0 Å². The van der Waals surface area contributed by atoms with Crippen molar-refractivity contribution in [3.05, 3.63) is 58.6 Å². The van der Waals surface area contributed by atoms with Crippen molar-refractivity contribution in [2.45, 2.75) is 44.2 Å². The lowest BCUT2D eigenvalue weighted by atomic mass is 9.99. The molecule has 0 spiro atoms. The number of carbonyl (C=O) groups is 1. The Morgan fingerprint density at radius 1 is 1.24 bits per heavy atom. The van der Waals surface area contributed by atoms with Gasteiger partial charge in [0.25, 0.3) is 0 Å². The second kappa shape index (κ2) is 9.40. The van der Waals surface area contributed by atoms with E-state index in [1.54, 1.807) is 0 Å². The number of carbonyl (C=O) groups excluding carboxylic acids is 1. The van der Waals surface area contributed by atoms with Crippen molar-refractivity contribution in [2.75, 3.05) is 13.1 Å². The standard InChI is InChI=1S/C23H27N3O6S/c1-15(2)31-18-7-5-16(6-8-18)13-24-22(27)17-4-3-11-26(14-17)33(29,30)19-9-10-20-21(12-19)32-23(28)25-20/h5-10,12,15,17H,3-4,11,13-14H2,1-2H3,(H,24,27)(H,25,28)/t17-/m0/s1. The molecule has 3 aromatic rings.